The maximum atomic E-state index is 13.1. The minimum atomic E-state index is -4.73. The second kappa shape index (κ2) is 5.89. The molecule has 0 saturated carbocycles. The molecule has 0 bridgehead atoms. The van der Waals surface area contributed by atoms with Crippen molar-refractivity contribution in [1.29, 1.82) is 0 Å². The Labute approximate surface area is 111 Å². The molecule has 0 aliphatic heterocycles. The molecule has 2 N–H and O–H groups in total. The molecule has 1 rings (SSSR count). The van der Waals surface area contributed by atoms with Crippen LogP contribution in [-0.2, 0) is 22.2 Å². The predicted molar refractivity (Wildman–Crippen MR) is 60.3 cm³/mol. The molecule has 20 heavy (non-hydrogen) atoms. The van der Waals surface area contributed by atoms with Crippen molar-refractivity contribution in [3.05, 3.63) is 35.1 Å². The third kappa shape index (κ3) is 4.52. The number of carboxylic acids is 1. The summed E-state index contributed by atoms with van der Waals surface area (Å²) in [7, 11) is 0. The highest BCUT2D eigenvalue weighted by atomic mass is 19.4. The van der Waals surface area contributed by atoms with E-state index in [2.05, 4.69) is 5.32 Å². The van der Waals surface area contributed by atoms with Gasteiger partial charge in [0.25, 0.3) is 0 Å². The van der Waals surface area contributed by atoms with E-state index >= 15 is 0 Å². The summed E-state index contributed by atoms with van der Waals surface area (Å²) >= 11 is 0. The van der Waals surface area contributed by atoms with E-state index in [1.807, 2.05) is 0 Å². The smallest absolute Gasteiger partial charge is 0.416 e. The lowest BCUT2D eigenvalue weighted by Crippen LogP contribution is -2.41. The van der Waals surface area contributed by atoms with Crippen LogP contribution in [0, 0.1) is 5.82 Å². The summed E-state index contributed by atoms with van der Waals surface area (Å²) in [5.74, 6) is -3.19. The first-order valence-electron chi connectivity index (χ1n) is 5.46. The van der Waals surface area contributed by atoms with Crippen LogP contribution in [0.2, 0.25) is 0 Å². The maximum absolute atomic E-state index is 13.1. The van der Waals surface area contributed by atoms with Gasteiger partial charge in [0, 0.05) is 13.3 Å². The molecule has 0 aromatic heterocycles. The van der Waals surface area contributed by atoms with Crippen LogP contribution >= 0.6 is 0 Å². The number of carboxylic acid groups (broad SMARTS) is 1. The second-order valence-electron chi connectivity index (χ2n) is 4.14. The molecular weight excluding hydrogens is 282 g/mol. The van der Waals surface area contributed by atoms with Crippen LogP contribution in [0.5, 0.6) is 0 Å². The Morgan fingerprint density at radius 2 is 1.90 bits per heavy atom. The van der Waals surface area contributed by atoms with Gasteiger partial charge in [0.15, 0.2) is 0 Å². The number of hydrogen-bond acceptors (Lipinski definition) is 2. The van der Waals surface area contributed by atoms with Gasteiger partial charge in [-0.2, -0.15) is 13.2 Å². The number of halogens is 4. The lowest BCUT2D eigenvalue weighted by Gasteiger charge is -2.15. The van der Waals surface area contributed by atoms with Gasteiger partial charge in [-0.05, 0) is 23.8 Å². The number of carbonyl (C=O) groups excluding carboxylic acids is 1. The van der Waals surface area contributed by atoms with Crippen LogP contribution in [0.15, 0.2) is 18.2 Å². The van der Waals surface area contributed by atoms with Gasteiger partial charge in [0.1, 0.15) is 11.9 Å². The molecule has 8 heteroatoms. The Morgan fingerprint density at radius 3 is 2.35 bits per heavy atom. The number of benzene rings is 1. The SMILES string of the molecule is CC(=O)NC(Cc1cc(F)cc(C(F)(F)F)c1)C(=O)O. The lowest BCUT2D eigenvalue weighted by molar-refractivity contribution is -0.141. The summed E-state index contributed by atoms with van der Waals surface area (Å²) in [6.07, 6.45) is -5.18. The molecule has 1 amide bonds. The van der Waals surface area contributed by atoms with E-state index in [-0.39, 0.29) is 5.56 Å². The maximum Gasteiger partial charge on any atom is 0.416 e. The lowest BCUT2D eigenvalue weighted by atomic mass is 10.0. The summed E-state index contributed by atoms with van der Waals surface area (Å²) in [5.41, 5.74) is -1.38. The van der Waals surface area contributed by atoms with Gasteiger partial charge in [0.2, 0.25) is 5.91 Å². The number of amides is 1. The minimum Gasteiger partial charge on any atom is -0.480 e. The van der Waals surface area contributed by atoms with E-state index in [0.29, 0.717) is 12.1 Å². The number of carbonyl (C=O) groups is 2. The van der Waals surface area contributed by atoms with E-state index in [1.54, 1.807) is 0 Å². The predicted octanol–water partition coefficient (Wildman–Crippen LogP) is 1.98. The van der Waals surface area contributed by atoms with Gasteiger partial charge in [-0.15, -0.1) is 0 Å². The molecular formula is C12H11F4NO3. The van der Waals surface area contributed by atoms with E-state index in [1.165, 1.54) is 0 Å². The second-order valence-corrected chi connectivity index (χ2v) is 4.14. The minimum absolute atomic E-state index is 0.168. The van der Waals surface area contributed by atoms with Crippen molar-refractivity contribution in [1.82, 2.24) is 5.32 Å². The number of aliphatic carboxylic acids is 1. The van der Waals surface area contributed by atoms with Crippen LogP contribution in [0.4, 0.5) is 17.6 Å². The Bertz CT molecular complexity index is 528. The molecule has 0 spiro atoms. The third-order valence-corrected chi connectivity index (χ3v) is 2.40. The summed E-state index contributed by atoms with van der Waals surface area (Å²) in [6.45, 7) is 1.07. The first-order valence-corrected chi connectivity index (χ1v) is 5.46. The molecule has 0 aliphatic rings. The molecule has 1 aromatic rings. The zero-order valence-electron chi connectivity index (χ0n) is 10.3. The quantitative estimate of drug-likeness (QED) is 0.834. The van der Waals surface area contributed by atoms with Gasteiger partial charge >= 0.3 is 12.1 Å². The van der Waals surface area contributed by atoms with Crippen molar-refractivity contribution in [2.75, 3.05) is 0 Å². The van der Waals surface area contributed by atoms with Crippen LogP contribution < -0.4 is 5.32 Å². The van der Waals surface area contributed by atoms with Crippen LogP contribution in [0.3, 0.4) is 0 Å². The highest BCUT2D eigenvalue weighted by molar-refractivity contribution is 5.82. The van der Waals surface area contributed by atoms with Gasteiger partial charge in [-0.3, -0.25) is 4.79 Å². The van der Waals surface area contributed by atoms with Gasteiger partial charge in [-0.25, -0.2) is 9.18 Å². The average Bonchev–Trinajstić information content (AvgIpc) is 2.25. The largest absolute Gasteiger partial charge is 0.480 e. The zero-order valence-corrected chi connectivity index (χ0v) is 10.3. The van der Waals surface area contributed by atoms with E-state index in [4.69, 9.17) is 5.11 Å². The highest BCUT2D eigenvalue weighted by Gasteiger charge is 2.31. The zero-order chi connectivity index (χ0) is 15.5. The van der Waals surface area contributed by atoms with Crippen LogP contribution in [0.25, 0.3) is 0 Å². The highest BCUT2D eigenvalue weighted by Crippen LogP contribution is 2.30. The fourth-order valence-electron chi connectivity index (χ4n) is 1.61. The van der Waals surface area contributed by atoms with Crippen LogP contribution in [-0.4, -0.2) is 23.0 Å². The first-order chi connectivity index (χ1) is 9.09. The number of rotatable bonds is 4. The summed E-state index contributed by atoms with van der Waals surface area (Å²) in [5, 5.41) is 10.9. The molecule has 0 radical (unpaired) electrons. The van der Waals surface area contributed by atoms with Crippen molar-refractivity contribution >= 4 is 11.9 Å². The van der Waals surface area contributed by atoms with Crippen molar-refractivity contribution in [3.8, 4) is 0 Å². The normalized spacial score (nSPS) is 12.8. The molecule has 1 aromatic carbocycles. The fourth-order valence-corrected chi connectivity index (χ4v) is 1.61. The standard InChI is InChI=1S/C12H11F4NO3/c1-6(18)17-10(11(19)20)4-7-2-8(12(14,15)16)5-9(13)3-7/h2-3,5,10H,4H2,1H3,(H,17,18)(H,19,20). The molecule has 0 fully saturated rings. The van der Waals surface area contributed by atoms with Crippen molar-refractivity contribution in [2.45, 2.75) is 25.6 Å². The summed E-state index contributed by atoms with van der Waals surface area (Å²) < 4.78 is 50.6. The van der Waals surface area contributed by atoms with E-state index < -0.39 is 41.9 Å². The van der Waals surface area contributed by atoms with Crippen molar-refractivity contribution in [2.24, 2.45) is 0 Å². The topological polar surface area (TPSA) is 66.4 Å². The fraction of sp³-hybridized carbons (Fsp3) is 0.333. The van der Waals surface area contributed by atoms with Crippen molar-refractivity contribution < 1.29 is 32.3 Å². The van der Waals surface area contributed by atoms with E-state index in [0.717, 1.165) is 13.0 Å². The molecule has 110 valence electrons. The monoisotopic (exact) mass is 293 g/mol. The Morgan fingerprint density at radius 1 is 1.30 bits per heavy atom. The van der Waals surface area contributed by atoms with Crippen LogP contribution in [0.1, 0.15) is 18.1 Å². The molecule has 0 aliphatic carbocycles. The first kappa shape index (κ1) is 15.9. The molecule has 0 heterocycles. The molecule has 0 saturated heterocycles. The molecule has 4 nitrogen and oxygen atoms in total. The molecule has 1 atom stereocenters. The summed E-state index contributed by atoms with van der Waals surface area (Å²) in [4.78, 5) is 21.7. The van der Waals surface area contributed by atoms with Gasteiger partial charge in [-0.1, -0.05) is 0 Å². The van der Waals surface area contributed by atoms with Gasteiger partial charge in [0.05, 0.1) is 5.56 Å². The van der Waals surface area contributed by atoms with E-state index in [9.17, 15) is 27.2 Å². The summed E-state index contributed by atoms with van der Waals surface area (Å²) in [6, 6.07) is 0.348. The Kier molecular flexibility index (Phi) is 4.69. The Balaban J connectivity index is 3.04. The number of hydrogen-bond donors (Lipinski definition) is 2. The van der Waals surface area contributed by atoms with Gasteiger partial charge < -0.3 is 10.4 Å². The Hall–Kier alpha value is -2.12. The van der Waals surface area contributed by atoms with Crippen molar-refractivity contribution in [3.63, 3.8) is 0 Å². The average molecular weight is 293 g/mol. The molecule has 1 unspecified atom stereocenters. The number of alkyl halides is 3. The third-order valence-electron chi connectivity index (χ3n) is 2.40. The number of nitrogens with one attached hydrogen (secondary N) is 1.